The highest BCUT2D eigenvalue weighted by Gasteiger charge is 2.12. The second-order valence-corrected chi connectivity index (χ2v) is 4.92. The summed E-state index contributed by atoms with van der Waals surface area (Å²) in [7, 11) is 0. The fraction of sp³-hybridized carbons (Fsp3) is 0.533. The van der Waals surface area contributed by atoms with Gasteiger partial charge in [-0.05, 0) is 44.0 Å². The Hall–Kier alpha value is -1.51. The van der Waals surface area contributed by atoms with E-state index in [9.17, 15) is 4.79 Å². The molecule has 1 aliphatic rings. The van der Waals surface area contributed by atoms with Gasteiger partial charge in [0.2, 0.25) is 0 Å². The lowest BCUT2D eigenvalue weighted by Gasteiger charge is -2.23. The molecule has 1 aromatic rings. The molecule has 2 rings (SSSR count). The predicted octanol–water partition coefficient (Wildman–Crippen LogP) is 3.18. The summed E-state index contributed by atoms with van der Waals surface area (Å²) in [5.74, 6) is 0.00159. The van der Waals surface area contributed by atoms with Gasteiger partial charge in [0.1, 0.15) is 0 Å². The van der Waals surface area contributed by atoms with Crippen molar-refractivity contribution in [3.63, 3.8) is 0 Å². The maximum absolute atomic E-state index is 11.6. The third-order valence-electron chi connectivity index (χ3n) is 3.46. The van der Waals surface area contributed by atoms with Crippen LogP contribution in [0, 0.1) is 0 Å². The molecule has 0 aromatic heterocycles. The average Bonchev–Trinajstić information content (AvgIpc) is 2.41. The zero-order valence-corrected chi connectivity index (χ0v) is 11.0. The van der Waals surface area contributed by atoms with Crippen molar-refractivity contribution in [2.45, 2.75) is 45.1 Å². The molecule has 0 unspecified atom stereocenters. The number of rotatable bonds is 4. The van der Waals surface area contributed by atoms with E-state index in [0.717, 1.165) is 11.3 Å². The van der Waals surface area contributed by atoms with Crippen LogP contribution < -0.4 is 10.6 Å². The second-order valence-electron chi connectivity index (χ2n) is 4.92. The van der Waals surface area contributed by atoms with Crippen LogP contribution >= 0.6 is 0 Å². The Morgan fingerprint density at radius 1 is 1.17 bits per heavy atom. The summed E-state index contributed by atoms with van der Waals surface area (Å²) >= 11 is 0. The molecule has 1 aliphatic carbocycles. The van der Waals surface area contributed by atoms with Crippen molar-refractivity contribution in [1.29, 1.82) is 0 Å². The number of carbonyl (C=O) groups excluding carboxylic acids is 1. The van der Waals surface area contributed by atoms with Crippen molar-refractivity contribution in [3.8, 4) is 0 Å². The van der Waals surface area contributed by atoms with Crippen LogP contribution in [0.3, 0.4) is 0 Å². The highest BCUT2D eigenvalue weighted by atomic mass is 16.1. The molecule has 3 nitrogen and oxygen atoms in total. The van der Waals surface area contributed by atoms with Gasteiger partial charge < -0.3 is 10.6 Å². The van der Waals surface area contributed by atoms with Gasteiger partial charge in [-0.15, -0.1) is 0 Å². The molecule has 2 N–H and O–H groups in total. The number of carbonyl (C=O) groups is 1. The van der Waals surface area contributed by atoms with Gasteiger partial charge >= 0.3 is 0 Å². The largest absolute Gasteiger partial charge is 0.382 e. The minimum atomic E-state index is 0.00159. The number of amides is 1. The lowest BCUT2D eigenvalue weighted by molar-refractivity contribution is 0.0956. The Kier molecular flexibility index (Phi) is 4.62. The first kappa shape index (κ1) is 12.9. The van der Waals surface area contributed by atoms with E-state index in [-0.39, 0.29) is 5.91 Å². The number of hydrogen-bond donors (Lipinski definition) is 2. The molecule has 1 amide bonds. The predicted molar refractivity (Wildman–Crippen MR) is 74.9 cm³/mol. The Bertz CT molecular complexity index is 380. The molecule has 0 bridgehead atoms. The maximum Gasteiger partial charge on any atom is 0.251 e. The summed E-state index contributed by atoms with van der Waals surface area (Å²) < 4.78 is 0. The molecule has 0 saturated heterocycles. The van der Waals surface area contributed by atoms with E-state index >= 15 is 0 Å². The zero-order chi connectivity index (χ0) is 12.8. The minimum absolute atomic E-state index is 0.00159. The van der Waals surface area contributed by atoms with Gasteiger partial charge in [-0.3, -0.25) is 4.79 Å². The van der Waals surface area contributed by atoms with E-state index in [1.165, 1.54) is 32.1 Å². The smallest absolute Gasteiger partial charge is 0.251 e. The van der Waals surface area contributed by atoms with Crippen molar-refractivity contribution in [2.24, 2.45) is 0 Å². The summed E-state index contributed by atoms with van der Waals surface area (Å²) in [4.78, 5) is 11.6. The normalized spacial score (nSPS) is 16.3. The first-order valence-corrected chi connectivity index (χ1v) is 6.94. The first-order chi connectivity index (χ1) is 8.79. The average molecular weight is 246 g/mol. The standard InChI is InChI=1S/C15H22N2O/c1-2-16-15(18)12-8-10-14(11-9-12)17-13-6-4-3-5-7-13/h8-11,13,17H,2-7H2,1H3,(H,16,18). The minimum Gasteiger partial charge on any atom is -0.382 e. The molecule has 0 heterocycles. The molecule has 0 radical (unpaired) electrons. The third kappa shape index (κ3) is 3.49. The van der Waals surface area contributed by atoms with Gasteiger partial charge in [-0.25, -0.2) is 0 Å². The Morgan fingerprint density at radius 3 is 2.44 bits per heavy atom. The van der Waals surface area contributed by atoms with Gasteiger partial charge in [-0.2, -0.15) is 0 Å². The molecule has 0 atom stereocenters. The molecular formula is C15H22N2O. The zero-order valence-electron chi connectivity index (χ0n) is 11.0. The SMILES string of the molecule is CCNC(=O)c1ccc(NC2CCCCC2)cc1. The topological polar surface area (TPSA) is 41.1 Å². The molecule has 98 valence electrons. The number of benzene rings is 1. The van der Waals surface area contributed by atoms with Crippen LogP contribution in [0.1, 0.15) is 49.4 Å². The maximum atomic E-state index is 11.6. The van der Waals surface area contributed by atoms with E-state index in [4.69, 9.17) is 0 Å². The van der Waals surface area contributed by atoms with Crippen LogP contribution in [0.25, 0.3) is 0 Å². The van der Waals surface area contributed by atoms with Crippen LogP contribution in [-0.2, 0) is 0 Å². The summed E-state index contributed by atoms with van der Waals surface area (Å²) in [5, 5.41) is 6.35. The van der Waals surface area contributed by atoms with Crippen LogP contribution in [0.15, 0.2) is 24.3 Å². The fourth-order valence-corrected chi connectivity index (χ4v) is 2.46. The summed E-state index contributed by atoms with van der Waals surface area (Å²) in [5.41, 5.74) is 1.85. The molecular weight excluding hydrogens is 224 g/mol. The lowest BCUT2D eigenvalue weighted by atomic mass is 9.95. The molecule has 3 heteroatoms. The summed E-state index contributed by atoms with van der Waals surface area (Å²) in [6.07, 6.45) is 6.55. The third-order valence-corrected chi connectivity index (χ3v) is 3.46. The van der Waals surface area contributed by atoms with Gasteiger partial charge in [0, 0.05) is 23.8 Å². The fourth-order valence-electron chi connectivity index (χ4n) is 2.46. The van der Waals surface area contributed by atoms with Crippen LogP contribution in [0.5, 0.6) is 0 Å². The van der Waals surface area contributed by atoms with Gasteiger partial charge in [0.15, 0.2) is 0 Å². The molecule has 1 aromatic carbocycles. The van der Waals surface area contributed by atoms with Crippen molar-refractivity contribution >= 4 is 11.6 Å². The van der Waals surface area contributed by atoms with E-state index < -0.39 is 0 Å². The molecule has 1 saturated carbocycles. The van der Waals surface area contributed by atoms with E-state index in [0.29, 0.717) is 12.6 Å². The van der Waals surface area contributed by atoms with Gasteiger partial charge in [-0.1, -0.05) is 19.3 Å². The van der Waals surface area contributed by atoms with Crippen LogP contribution in [-0.4, -0.2) is 18.5 Å². The number of nitrogens with one attached hydrogen (secondary N) is 2. The molecule has 0 spiro atoms. The van der Waals surface area contributed by atoms with Gasteiger partial charge in [0.25, 0.3) is 5.91 Å². The lowest BCUT2D eigenvalue weighted by Crippen LogP contribution is -2.23. The Balaban J connectivity index is 1.92. The van der Waals surface area contributed by atoms with Crippen molar-refractivity contribution in [1.82, 2.24) is 5.32 Å². The number of hydrogen-bond acceptors (Lipinski definition) is 2. The molecule has 18 heavy (non-hydrogen) atoms. The quantitative estimate of drug-likeness (QED) is 0.856. The molecule has 1 fully saturated rings. The number of anilines is 1. The van der Waals surface area contributed by atoms with E-state index in [2.05, 4.69) is 10.6 Å². The van der Waals surface area contributed by atoms with Crippen molar-refractivity contribution in [3.05, 3.63) is 29.8 Å². The second kappa shape index (κ2) is 6.43. The summed E-state index contributed by atoms with van der Waals surface area (Å²) in [6, 6.07) is 8.37. The first-order valence-electron chi connectivity index (χ1n) is 6.94. The molecule has 0 aliphatic heterocycles. The van der Waals surface area contributed by atoms with Gasteiger partial charge in [0.05, 0.1) is 0 Å². The van der Waals surface area contributed by atoms with Crippen molar-refractivity contribution in [2.75, 3.05) is 11.9 Å². The van der Waals surface area contributed by atoms with Crippen molar-refractivity contribution < 1.29 is 4.79 Å². The monoisotopic (exact) mass is 246 g/mol. The Labute approximate surface area is 109 Å². The van der Waals surface area contributed by atoms with Crippen LogP contribution in [0.4, 0.5) is 5.69 Å². The Morgan fingerprint density at radius 2 is 1.83 bits per heavy atom. The van der Waals surface area contributed by atoms with Crippen LogP contribution in [0.2, 0.25) is 0 Å². The van der Waals surface area contributed by atoms with E-state index in [1.807, 2.05) is 31.2 Å². The summed E-state index contributed by atoms with van der Waals surface area (Å²) in [6.45, 7) is 2.60. The highest BCUT2D eigenvalue weighted by molar-refractivity contribution is 5.94. The highest BCUT2D eigenvalue weighted by Crippen LogP contribution is 2.21. The van der Waals surface area contributed by atoms with E-state index in [1.54, 1.807) is 0 Å².